The van der Waals surface area contributed by atoms with Crippen LogP contribution in [0, 0.1) is 10.1 Å². The number of benzene rings is 1. The monoisotopic (exact) mass is 235 g/mol. The molecule has 0 aromatic heterocycles. The summed E-state index contributed by atoms with van der Waals surface area (Å²) in [7, 11) is 0. The van der Waals surface area contributed by atoms with Gasteiger partial charge in [0.25, 0.3) is 5.69 Å². The Morgan fingerprint density at radius 3 is 2.53 bits per heavy atom. The van der Waals surface area contributed by atoms with Gasteiger partial charge < -0.3 is 11.1 Å². The third kappa shape index (κ3) is 2.94. The maximum absolute atomic E-state index is 10.9. The first-order chi connectivity index (χ1) is 8.16. The van der Waals surface area contributed by atoms with Gasteiger partial charge in [-0.3, -0.25) is 10.1 Å². The molecule has 0 unspecified atom stereocenters. The molecule has 1 aromatic carbocycles. The Kier molecular flexibility index (Phi) is 3.58. The van der Waals surface area contributed by atoms with E-state index in [2.05, 4.69) is 5.32 Å². The average Bonchev–Trinajstić information content (AvgIpc) is 2.32. The molecule has 1 aliphatic rings. The Hall–Kier alpha value is -1.62. The number of nitrogens with one attached hydrogen (secondary N) is 1. The van der Waals surface area contributed by atoms with E-state index in [4.69, 9.17) is 5.73 Å². The highest BCUT2D eigenvalue weighted by molar-refractivity contribution is 5.61. The lowest BCUT2D eigenvalue weighted by Crippen LogP contribution is -2.32. The summed E-state index contributed by atoms with van der Waals surface area (Å²) >= 11 is 0. The molecule has 0 saturated heterocycles. The highest BCUT2D eigenvalue weighted by Crippen LogP contribution is 2.27. The molecule has 1 aliphatic carbocycles. The number of anilines is 1. The van der Waals surface area contributed by atoms with Crippen molar-refractivity contribution in [2.45, 2.75) is 37.8 Å². The molecule has 0 bridgehead atoms. The molecule has 0 radical (unpaired) electrons. The Bertz CT molecular complexity index is 400. The maximum atomic E-state index is 10.9. The SMILES string of the molecule is NC1CCC(Nc2ccccc2[N+](=O)[O-])CC1. The van der Waals surface area contributed by atoms with E-state index in [1.54, 1.807) is 12.1 Å². The molecule has 0 spiro atoms. The molecule has 3 N–H and O–H groups in total. The molecule has 92 valence electrons. The first kappa shape index (κ1) is 11.9. The van der Waals surface area contributed by atoms with Crippen molar-refractivity contribution >= 4 is 11.4 Å². The van der Waals surface area contributed by atoms with Crippen LogP contribution in [0.2, 0.25) is 0 Å². The number of nitro groups is 1. The van der Waals surface area contributed by atoms with E-state index in [0.717, 1.165) is 25.7 Å². The molecular weight excluding hydrogens is 218 g/mol. The fraction of sp³-hybridized carbons (Fsp3) is 0.500. The van der Waals surface area contributed by atoms with Crippen molar-refractivity contribution in [1.29, 1.82) is 0 Å². The molecule has 0 aliphatic heterocycles. The van der Waals surface area contributed by atoms with Crippen LogP contribution < -0.4 is 11.1 Å². The molecule has 0 atom stereocenters. The lowest BCUT2D eigenvalue weighted by molar-refractivity contribution is -0.384. The number of nitro benzene ring substituents is 1. The minimum absolute atomic E-state index is 0.141. The largest absolute Gasteiger partial charge is 0.377 e. The van der Waals surface area contributed by atoms with Crippen LogP contribution in [-0.2, 0) is 0 Å². The van der Waals surface area contributed by atoms with Crippen LogP contribution >= 0.6 is 0 Å². The third-order valence-electron chi connectivity index (χ3n) is 3.23. The van der Waals surface area contributed by atoms with Crippen LogP contribution in [0.15, 0.2) is 24.3 Å². The van der Waals surface area contributed by atoms with E-state index in [-0.39, 0.29) is 10.6 Å². The summed E-state index contributed by atoms with van der Waals surface area (Å²) in [5, 5.41) is 14.1. The van der Waals surface area contributed by atoms with Crippen molar-refractivity contribution in [1.82, 2.24) is 0 Å². The summed E-state index contributed by atoms with van der Waals surface area (Å²) in [5.74, 6) is 0. The topological polar surface area (TPSA) is 81.2 Å². The quantitative estimate of drug-likeness (QED) is 0.622. The highest BCUT2D eigenvalue weighted by Gasteiger charge is 2.21. The average molecular weight is 235 g/mol. The summed E-state index contributed by atoms with van der Waals surface area (Å²) in [6, 6.07) is 7.36. The van der Waals surface area contributed by atoms with Gasteiger partial charge in [-0.1, -0.05) is 12.1 Å². The molecule has 5 heteroatoms. The molecule has 1 aromatic rings. The lowest BCUT2D eigenvalue weighted by Gasteiger charge is -2.27. The first-order valence-corrected chi connectivity index (χ1v) is 5.92. The van der Waals surface area contributed by atoms with Gasteiger partial charge in [0.05, 0.1) is 4.92 Å². The second-order valence-corrected chi connectivity index (χ2v) is 4.53. The van der Waals surface area contributed by atoms with E-state index in [9.17, 15) is 10.1 Å². The van der Waals surface area contributed by atoms with Gasteiger partial charge in [-0.25, -0.2) is 0 Å². The third-order valence-corrected chi connectivity index (χ3v) is 3.23. The normalized spacial score (nSPS) is 24.3. The Balaban J connectivity index is 2.05. The molecule has 5 nitrogen and oxygen atoms in total. The Morgan fingerprint density at radius 2 is 1.88 bits per heavy atom. The van der Waals surface area contributed by atoms with Crippen molar-refractivity contribution in [2.24, 2.45) is 5.73 Å². The van der Waals surface area contributed by atoms with Crippen LogP contribution in [0.1, 0.15) is 25.7 Å². The summed E-state index contributed by atoms with van der Waals surface area (Å²) < 4.78 is 0. The summed E-state index contributed by atoms with van der Waals surface area (Å²) in [6.07, 6.45) is 3.93. The van der Waals surface area contributed by atoms with Gasteiger partial charge in [0.1, 0.15) is 5.69 Å². The van der Waals surface area contributed by atoms with Gasteiger partial charge in [0.2, 0.25) is 0 Å². The van der Waals surface area contributed by atoms with Crippen LogP contribution in [-0.4, -0.2) is 17.0 Å². The minimum atomic E-state index is -0.350. The van der Waals surface area contributed by atoms with Gasteiger partial charge in [-0.2, -0.15) is 0 Å². The van der Waals surface area contributed by atoms with E-state index in [1.165, 1.54) is 6.07 Å². The maximum Gasteiger partial charge on any atom is 0.292 e. The summed E-state index contributed by atoms with van der Waals surface area (Å²) in [4.78, 5) is 10.5. The molecule has 0 amide bonds. The summed E-state index contributed by atoms with van der Waals surface area (Å²) in [5.41, 5.74) is 6.58. The van der Waals surface area contributed by atoms with Crippen molar-refractivity contribution in [3.05, 3.63) is 34.4 Å². The predicted octanol–water partition coefficient (Wildman–Crippen LogP) is 2.28. The molecular formula is C12H17N3O2. The van der Waals surface area contributed by atoms with Gasteiger partial charge in [-0.15, -0.1) is 0 Å². The van der Waals surface area contributed by atoms with Crippen molar-refractivity contribution in [3.63, 3.8) is 0 Å². The van der Waals surface area contributed by atoms with Crippen LogP contribution in [0.5, 0.6) is 0 Å². The zero-order chi connectivity index (χ0) is 12.3. The van der Waals surface area contributed by atoms with Gasteiger partial charge in [-0.05, 0) is 31.7 Å². The zero-order valence-electron chi connectivity index (χ0n) is 9.63. The van der Waals surface area contributed by atoms with Crippen LogP contribution in [0.3, 0.4) is 0 Å². The number of para-hydroxylation sites is 2. The smallest absolute Gasteiger partial charge is 0.292 e. The fourth-order valence-corrected chi connectivity index (χ4v) is 2.24. The number of nitrogens with two attached hydrogens (primary N) is 1. The number of hydrogen-bond donors (Lipinski definition) is 2. The van der Waals surface area contributed by atoms with Crippen molar-refractivity contribution < 1.29 is 4.92 Å². The molecule has 1 saturated carbocycles. The second kappa shape index (κ2) is 5.14. The van der Waals surface area contributed by atoms with E-state index < -0.39 is 0 Å². The van der Waals surface area contributed by atoms with Crippen LogP contribution in [0.25, 0.3) is 0 Å². The second-order valence-electron chi connectivity index (χ2n) is 4.53. The van der Waals surface area contributed by atoms with Crippen LogP contribution in [0.4, 0.5) is 11.4 Å². The minimum Gasteiger partial charge on any atom is -0.377 e. The molecule has 1 fully saturated rings. The molecule has 2 rings (SSSR count). The highest BCUT2D eigenvalue weighted by atomic mass is 16.6. The number of nitrogens with zero attached hydrogens (tertiary/aromatic N) is 1. The predicted molar refractivity (Wildman–Crippen MR) is 67.0 cm³/mol. The molecule has 0 heterocycles. The van der Waals surface area contributed by atoms with Crippen molar-refractivity contribution in [3.8, 4) is 0 Å². The van der Waals surface area contributed by atoms with Gasteiger partial charge >= 0.3 is 0 Å². The standard InChI is InChI=1S/C12H17N3O2/c13-9-5-7-10(8-6-9)14-11-3-1-2-4-12(11)15(16)17/h1-4,9-10,14H,5-8,13H2. The first-order valence-electron chi connectivity index (χ1n) is 5.92. The van der Waals surface area contributed by atoms with Gasteiger partial charge in [0, 0.05) is 18.2 Å². The molecule has 17 heavy (non-hydrogen) atoms. The Labute approximate surface area is 100 Å². The Morgan fingerprint density at radius 1 is 1.24 bits per heavy atom. The van der Waals surface area contributed by atoms with Gasteiger partial charge in [0.15, 0.2) is 0 Å². The fourth-order valence-electron chi connectivity index (χ4n) is 2.24. The zero-order valence-corrected chi connectivity index (χ0v) is 9.63. The van der Waals surface area contributed by atoms with E-state index in [1.807, 2.05) is 6.07 Å². The number of rotatable bonds is 3. The summed E-state index contributed by atoms with van der Waals surface area (Å²) in [6.45, 7) is 0. The van der Waals surface area contributed by atoms with E-state index in [0.29, 0.717) is 17.8 Å². The van der Waals surface area contributed by atoms with E-state index >= 15 is 0 Å². The lowest BCUT2D eigenvalue weighted by atomic mass is 9.91. The number of hydrogen-bond acceptors (Lipinski definition) is 4. The van der Waals surface area contributed by atoms with Crippen molar-refractivity contribution in [2.75, 3.05) is 5.32 Å².